The number of anilines is 1. The van der Waals surface area contributed by atoms with Gasteiger partial charge in [-0.15, -0.1) is 0 Å². The highest BCUT2D eigenvalue weighted by Gasteiger charge is 2.21. The molecule has 0 saturated heterocycles. The summed E-state index contributed by atoms with van der Waals surface area (Å²) in [6.45, 7) is 0. The molecule has 0 unspecified atom stereocenters. The van der Waals surface area contributed by atoms with E-state index in [1.165, 1.54) is 10.7 Å². The maximum atomic E-state index is 11.6. The molecule has 6 nitrogen and oxygen atoms in total. The van der Waals surface area contributed by atoms with Crippen LogP contribution in [0.15, 0.2) is 24.3 Å². The Labute approximate surface area is 115 Å². The number of carbonyl (C=O) groups excluding carboxylic acids is 1. The number of nitrogens with one attached hydrogen (secondary N) is 1. The Morgan fingerprint density at radius 2 is 2.20 bits per heavy atom. The number of benzene rings is 1. The van der Waals surface area contributed by atoms with Gasteiger partial charge in [0.2, 0.25) is 5.91 Å². The summed E-state index contributed by atoms with van der Waals surface area (Å²) in [7, 11) is 1.69. The summed E-state index contributed by atoms with van der Waals surface area (Å²) in [5.41, 5.74) is 3.26. The summed E-state index contributed by atoms with van der Waals surface area (Å²) in [5.74, 6) is -1.09. The molecular weight excluding hydrogens is 258 g/mol. The maximum absolute atomic E-state index is 11.6. The van der Waals surface area contributed by atoms with Gasteiger partial charge < -0.3 is 10.4 Å². The second kappa shape index (κ2) is 4.48. The molecule has 2 N–H and O–H groups in total. The van der Waals surface area contributed by atoms with E-state index in [0.29, 0.717) is 18.5 Å². The number of carbonyl (C=O) groups is 2. The summed E-state index contributed by atoms with van der Waals surface area (Å²) in [4.78, 5) is 22.6. The second-order valence-electron chi connectivity index (χ2n) is 4.73. The van der Waals surface area contributed by atoms with Crippen LogP contribution in [0, 0.1) is 0 Å². The highest BCUT2D eigenvalue weighted by molar-refractivity contribution is 5.99. The van der Waals surface area contributed by atoms with Crippen LogP contribution in [0.1, 0.15) is 22.5 Å². The maximum Gasteiger partial charge on any atom is 0.356 e. The fraction of sp³-hybridized carbons (Fsp3) is 0.214. The van der Waals surface area contributed by atoms with E-state index >= 15 is 0 Å². The number of aromatic nitrogens is 2. The van der Waals surface area contributed by atoms with Crippen LogP contribution in [-0.4, -0.2) is 26.8 Å². The molecule has 1 aliphatic heterocycles. The number of carboxylic acids is 1. The highest BCUT2D eigenvalue weighted by atomic mass is 16.4. The first-order valence-electron chi connectivity index (χ1n) is 6.25. The fourth-order valence-electron chi connectivity index (χ4n) is 2.44. The van der Waals surface area contributed by atoms with E-state index in [-0.39, 0.29) is 11.6 Å². The molecule has 0 aliphatic carbocycles. The average molecular weight is 271 g/mol. The van der Waals surface area contributed by atoms with Crippen LogP contribution in [0.25, 0.3) is 11.3 Å². The van der Waals surface area contributed by atoms with Crippen molar-refractivity contribution in [1.82, 2.24) is 9.78 Å². The number of nitrogens with zero attached hydrogens (tertiary/aromatic N) is 2. The van der Waals surface area contributed by atoms with Crippen molar-refractivity contribution in [1.29, 1.82) is 0 Å². The van der Waals surface area contributed by atoms with Crippen LogP contribution < -0.4 is 5.32 Å². The lowest BCUT2D eigenvalue weighted by Gasteiger charge is -2.20. The van der Waals surface area contributed by atoms with Crippen molar-refractivity contribution in [3.63, 3.8) is 0 Å². The summed E-state index contributed by atoms with van der Waals surface area (Å²) < 4.78 is 1.51. The van der Waals surface area contributed by atoms with E-state index in [2.05, 4.69) is 10.4 Å². The van der Waals surface area contributed by atoms with Gasteiger partial charge in [0.25, 0.3) is 0 Å². The molecule has 0 atom stereocenters. The Hall–Kier alpha value is -2.63. The molecule has 0 spiro atoms. The SMILES string of the molecule is Cn1nc(C(=O)O)cc1-c1cccc2c1NC(=O)CC2. The predicted molar refractivity (Wildman–Crippen MR) is 72.6 cm³/mol. The van der Waals surface area contributed by atoms with Crippen molar-refractivity contribution in [2.45, 2.75) is 12.8 Å². The molecule has 0 saturated carbocycles. The van der Waals surface area contributed by atoms with Crippen LogP contribution in [0.5, 0.6) is 0 Å². The van der Waals surface area contributed by atoms with Crippen molar-refractivity contribution in [3.8, 4) is 11.3 Å². The largest absolute Gasteiger partial charge is 0.476 e. The van der Waals surface area contributed by atoms with Gasteiger partial charge in [-0.2, -0.15) is 5.10 Å². The van der Waals surface area contributed by atoms with E-state index in [1.807, 2.05) is 18.2 Å². The minimum absolute atomic E-state index is 0.0118. The normalized spacial score (nSPS) is 13.8. The minimum atomic E-state index is -1.07. The number of carboxylic acid groups (broad SMARTS) is 1. The Bertz CT molecular complexity index is 718. The molecule has 1 aromatic heterocycles. The number of fused-ring (bicyclic) bond motifs is 1. The molecule has 0 radical (unpaired) electrons. The van der Waals surface area contributed by atoms with Crippen LogP contribution in [-0.2, 0) is 18.3 Å². The highest BCUT2D eigenvalue weighted by Crippen LogP contribution is 2.34. The fourth-order valence-corrected chi connectivity index (χ4v) is 2.44. The standard InChI is InChI=1S/C14H13N3O3/c1-17-11(7-10(16-17)14(19)20)9-4-2-3-8-5-6-12(18)15-13(8)9/h2-4,7H,5-6H2,1H3,(H,15,18)(H,19,20). The van der Waals surface area contributed by atoms with Crippen LogP contribution in [0.4, 0.5) is 5.69 Å². The Morgan fingerprint density at radius 1 is 1.40 bits per heavy atom. The monoisotopic (exact) mass is 271 g/mol. The molecule has 2 heterocycles. The molecule has 3 rings (SSSR count). The summed E-state index contributed by atoms with van der Waals surface area (Å²) in [6, 6.07) is 7.23. The lowest BCUT2D eigenvalue weighted by Crippen LogP contribution is -2.19. The molecule has 102 valence electrons. The Balaban J connectivity index is 2.15. The second-order valence-corrected chi connectivity index (χ2v) is 4.73. The molecule has 1 amide bonds. The van der Waals surface area contributed by atoms with Gasteiger partial charge in [-0.25, -0.2) is 4.79 Å². The Morgan fingerprint density at radius 3 is 2.90 bits per heavy atom. The first-order valence-corrected chi connectivity index (χ1v) is 6.25. The van der Waals surface area contributed by atoms with Crippen LogP contribution >= 0.6 is 0 Å². The van der Waals surface area contributed by atoms with Gasteiger partial charge in [-0.3, -0.25) is 9.48 Å². The topological polar surface area (TPSA) is 84.2 Å². The van der Waals surface area contributed by atoms with Gasteiger partial charge in [0.1, 0.15) is 0 Å². The van der Waals surface area contributed by atoms with E-state index in [1.54, 1.807) is 7.05 Å². The molecule has 0 fully saturated rings. The van der Waals surface area contributed by atoms with Crippen molar-refractivity contribution in [3.05, 3.63) is 35.5 Å². The van der Waals surface area contributed by atoms with Crippen molar-refractivity contribution < 1.29 is 14.7 Å². The zero-order valence-electron chi connectivity index (χ0n) is 10.9. The number of hydrogen-bond donors (Lipinski definition) is 2. The molecular formula is C14H13N3O3. The quantitative estimate of drug-likeness (QED) is 0.870. The third kappa shape index (κ3) is 1.95. The molecule has 1 aromatic carbocycles. The zero-order valence-corrected chi connectivity index (χ0v) is 10.9. The molecule has 20 heavy (non-hydrogen) atoms. The first-order chi connectivity index (χ1) is 9.56. The van der Waals surface area contributed by atoms with Gasteiger partial charge in [0.05, 0.1) is 11.4 Å². The van der Waals surface area contributed by atoms with E-state index in [9.17, 15) is 9.59 Å². The van der Waals surface area contributed by atoms with Crippen molar-refractivity contribution in [2.75, 3.05) is 5.32 Å². The van der Waals surface area contributed by atoms with Gasteiger partial charge in [-0.1, -0.05) is 18.2 Å². The van der Waals surface area contributed by atoms with E-state index in [0.717, 1.165) is 16.8 Å². The third-order valence-corrected chi connectivity index (χ3v) is 3.41. The van der Waals surface area contributed by atoms with Crippen molar-refractivity contribution in [2.24, 2.45) is 7.05 Å². The summed E-state index contributed by atoms with van der Waals surface area (Å²) >= 11 is 0. The number of para-hydroxylation sites is 1. The van der Waals surface area contributed by atoms with Crippen LogP contribution in [0.3, 0.4) is 0 Å². The van der Waals surface area contributed by atoms with E-state index < -0.39 is 5.97 Å². The molecule has 2 aromatic rings. The number of aryl methyl sites for hydroxylation is 2. The summed E-state index contributed by atoms with van der Waals surface area (Å²) in [5, 5.41) is 15.8. The van der Waals surface area contributed by atoms with Crippen molar-refractivity contribution >= 4 is 17.6 Å². The Kier molecular flexibility index (Phi) is 2.78. The van der Waals surface area contributed by atoms with Gasteiger partial charge in [-0.05, 0) is 18.1 Å². The smallest absolute Gasteiger partial charge is 0.356 e. The average Bonchev–Trinajstić information content (AvgIpc) is 2.80. The lowest BCUT2D eigenvalue weighted by atomic mass is 9.97. The third-order valence-electron chi connectivity index (χ3n) is 3.41. The number of aromatic carboxylic acids is 1. The van der Waals surface area contributed by atoms with Gasteiger partial charge >= 0.3 is 5.97 Å². The van der Waals surface area contributed by atoms with Crippen LogP contribution in [0.2, 0.25) is 0 Å². The van der Waals surface area contributed by atoms with Gasteiger partial charge in [0.15, 0.2) is 5.69 Å². The minimum Gasteiger partial charge on any atom is -0.476 e. The predicted octanol–water partition coefficient (Wildman–Crippen LogP) is 1.67. The lowest BCUT2D eigenvalue weighted by molar-refractivity contribution is -0.116. The molecule has 0 bridgehead atoms. The summed E-state index contributed by atoms with van der Waals surface area (Å²) in [6.07, 6.45) is 1.17. The molecule has 1 aliphatic rings. The number of rotatable bonds is 2. The molecule has 6 heteroatoms. The first kappa shape index (κ1) is 12.4. The van der Waals surface area contributed by atoms with E-state index in [4.69, 9.17) is 5.11 Å². The number of amides is 1. The number of hydrogen-bond acceptors (Lipinski definition) is 3. The zero-order chi connectivity index (χ0) is 14.3. The van der Waals surface area contributed by atoms with Gasteiger partial charge in [0, 0.05) is 19.0 Å².